The molecule has 256 valence electrons. The Hall–Kier alpha value is -1.30. The molecule has 48 heavy (non-hydrogen) atoms. The van der Waals surface area contributed by atoms with Gasteiger partial charge in [0.25, 0.3) is 0 Å². The van der Waals surface area contributed by atoms with Gasteiger partial charge in [-0.1, -0.05) is 104 Å². The summed E-state index contributed by atoms with van der Waals surface area (Å²) in [6, 6.07) is 9.34. The Morgan fingerprint density at radius 1 is 0.458 bits per heavy atom. The van der Waals surface area contributed by atoms with Crippen molar-refractivity contribution in [2.75, 3.05) is 0 Å². The number of aromatic nitrogens is 4. The number of unbranched alkanes of at least 4 members (excludes halogenated alkanes) is 14. The first-order chi connectivity index (χ1) is 23.6. The highest BCUT2D eigenvalue weighted by Gasteiger charge is 2.22. The van der Waals surface area contributed by atoms with Crippen molar-refractivity contribution >= 4 is 111 Å². The molecular formula is C38H46Br2N4S4. The molecule has 0 amide bonds. The van der Waals surface area contributed by atoms with E-state index in [0.29, 0.717) is 0 Å². The maximum absolute atomic E-state index is 4.86. The molecule has 0 N–H and O–H groups in total. The lowest BCUT2D eigenvalue weighted by Gasteiger charge is -2.07. The maximum atomic E-state index is 4.86. The second-order valence-corrected chi connectivity index (χ2v) is 18.9. The average molecular weight is 847 g/mol. The predicted molar refractivity (Wildman–Crippen MR) is 221 cm³/mol. The minimum atomic E-state index is 0.965. The first-order valence-corrected chi connectivity index (χ1v) is 22.7. The largest absolute Gasteiger partial charge is 0.172 e. The number of hydrogen-bond acceptors (Lipinski definition) is 8. The number of thiophene rings is 2. The van der Waals surface area contributed by atoms with Gasteiger partial charge in [-0.05, 0) is 92.9 Å². The number of halogens is 2. The van der Waals surface area contributed by atoms with E-state index in [1.54, 1.807) is 0 Å². The summed E-state index contributed by atoms with van der Waals surface area (Å²) in [6.45, 7) is 4.57. The van der Waals surface area contributed by atoms with E-state index in [4.69, 9.17) is 17.5 Å². The van der Waals surface area contributed by atoms with Crippen LogP contribution in [0.4, 0.5) is 0 Å². The van der Waals surface area contributed by atoms with Gasteiger partial charge >= 0.3 is 0 Å². The lowest BCUT2D eigenvalue weighted by Crippen LogP contribution is -1.87. The normalized spacial score (nSPS) is 12.0. The van der Waals surface area contributed by atoms with E-state index in [-0.39, 0.29) is 0 Å². The van der Waals surface area contributed by atoms with E-state index in [9.17, 15) is 0 Å². The maximum Gasteiger partial charge on any atom is 0.114 e. The molecular weight excluding hydrogens is 801 g/mol. The molecule has 6 rings (SSSR count). The number of benzene rings is 2. The molecule has 0 radical (unpaired) electrons. The van der Waals surface area contributed by atoms with Gasteiger partial charge in [0.15, 0.2) is 0 Å². The first-order valence-electron chi connectivity index (χ1n) is 18.0. The molecule has 6 aromatic rings. The van der Waals surface area contributed by atoms with E-state index in [0.717, 1.165) is 56.8 Å². The Morgan fingerprint density at radius 2 is 0.812 bits per heavy atom. The van der Waals surface area contributed by atoms with Crippen LogP contribution in [0.25, 0.3) is 53.7 Å². The van der Waals surface area contributed by atoms with Crippen LogP contribution in [0.1, 0.15) is 128 Å². The van der Waals surface area contributed by atoms with Crippen molar-refractivity contribution in [2.45, 2.75) is 129 Å². The average Bonchev–Trinajstić information content (AvgIpc) is 3.90. The van der Waals surface area contributed by atoms with Crippen LogP contribution in [0.3, 0.4) is 0 Å². The fraction of sp³-hybridized carbons (Fsp3) is 0.526. The van der Waals surface area contributed by atoms with Gasteiger partial charge in [0.05, 0.1) is 31.0 Å². The number of nitrogens with zero attached hydrogens (tertiary/aromatic N) is 4. The Labute approximate surface area is 319 Å². The number of hydrogen-bond donors (Lipinski definition) is 0. The third-order valence-corrected chi connectivity index (χ3v) is 14.6. The topological polar surface area (TPSA) is 51.6 Å². The molecule has 0 saturated heterocycles. The molecule has 0 atom stereocenters. The number of fused-ring (bicyclic) bond motifs is 5. The van der Waals surface area contributed by atoms with Crippen LogP contribution >= 0.6 is 78.0 Å². The number of rotatable bonds is 20. The van der Waals surface area contributed by atoms with Crippen molar-refractivity contribution in [1.29, 1.82) is 0 Å². The van der Waals surface area contributed by atoms with E-state index in [1.807, 2.05) is 22.7 Å². The predicted octanol–water partition coefficient (Wildman–Crippen LogP) is 15.2. The first kappa shape index (κ1) is 36.5. The highest BCUT2D eigenvalue weighted by Crippen LogP contribution is 2.45. The van der Waals surface area contributed by atoms with Crippen molar-refractivity contribution in [3.05, 3.63) is 43.0 Å². The molecule has 0 fully saturated rings. The Balaban J connectivity index is 1.21. The Bertz CT molecular complexity index is 1780. The summed E-state index contributed by atoms with van der Waals surface area (Å²) in [5.74, 6) is 0. The van der Waals surface area contributed by atoms with E-state index < -0.39 is 0 Å². The third-order valence-electron chi connectivity index (χ3n) is 9.51. The monoisotopic (exact) mass is 844 g/mol. The quantitative estimate of drug-likeness (QED) is 0.0718. The molecule has 0 aliphatic heterocycles. The van der Waals surface area contributed by atoms with Crippen LogP contribution in [-0.4, -0.2) is 17.5 Å². The van der Waals surface area contributed by atoms with Crippen molar-refractivity contribution in [3.63, 3.8) is 0 Å². The minimum Gasteiger partial charge on any atom is -0.172 e. The Kier molecular flexibility index (Phi) is 13.9. The summed E-state index contributed by atoms with van der Waals surface area (Å²) < 4.78 is 21.9. The van der Waals surface area contributed by atoms with Crippen LogP contribution in [0.15, 0.2) is 31.8 Å². The summed E-state index contributed by atoms with van der Waals surface area (Å²) >= 11 is 14.0. The molecule has 0 spiro atoms. The van der Waals surface area contributed by atoms with Crippen LogP contribution in [-0.2, 0) is 12.8 Å². The van der Waals surface area contributed by atoms with Gasteiger partial charge in [-0.15, -0.1) is 22.7 Å². The number of aryl methyl sites for hydroxylation is 2. The second kappa shape index (κ2) is 18.3. The minimum absolute atomic E-state index is 0.965. The molecule has 4 heterocycles. The summed E-state index contributed by atoms with van der Waals surface area (Å²) in [5.41, 5.74) is 8.99. The standard InChI is InChI=1S/C38H46Br2N4S4/c1-3-5-7-9-11-13-15-17-19-25-21-31(45-37(25)39)29-23-27-28(33-35(29)43-47-41-33)24-30(36-34(27)42-48-44-36)32-22-26(38(40)46-32)20-18-16-14-12-10-8-6-4-2/h21-24H,3-20H2,1-2H3. The molecule has 4 nitrogen and oxygen atoms in total. The molecule has 0 aliphatic carbocycles. The molecule has 0 aliphatic rings. The van der Waals surface area contributed by atoms with E-state index >= 15 is 0 Å². The molecule has 0 unspecified atom stereocenters. The third kappa shape index (κ3) is 8.76. The lowest BCUT2D eigenvalue weighted by molar-refractivity contribution is 0.575. The SMILES string of the molecule is CCCCCCCCCCc1cc(-c2cc3c(cc(-c4cc(CCCCCCCCCC)c(Br)s4)c4nsnc43)c3nsnc23)sc1Br. The second-order valence-electron chi connectivity index (χ2n) is 13.1. The van der Waals surface area contributed by atoms with Gasteiger partial charge in [-0.25, -0.2) is 0 Å². The fourth-order valence-electron chi connectivity index (χ4n) is 6.75. The Morgan fingerprint density at radius 3 is 1.21 bits per heavy atom. The lowest BCUT2D eigenvalue weighted by atomic mass is 9.98. The van der Waals surface area contributed by atoms with E-state index in [2.05, 4.69) is 70.0 Å². The van der Waals surface area contributed by atoms with Crippen LogP contribution in [0, 0.1) is 0 Å². The van der Waals surface area contributed by atoms with Crippen molar-refractivity contribution in [1.82, 2.24) is 17.5 Å². The van der Waals surface area contributed by atoms with Gasteiger partial charge in [0.1, 0.15) is 22.1 Å². The van der Waals surface area contributed by atoms with Crippen molar-refractivity contribution in [2.24, 2.45) is 0 Å². The van der Waals surface area contributed by atoms with Crippen molar-refractivity contribution < 1.29 is 0 Å². The van der Waals surface area contributed by atoms with Crippen LogP contribution in [0.2, 0.25) is 0 Å². The zero-order valence-corrected chi connectivity index (χ0v) is 34.7. The van der Waals surface area contributed by atoms with Gasteiger partial charge in [-0.2, -0.15) is 17.5 Å². The highest BCUT2D eigenvalue weighted by molar-refractivity contribution is 9.11. The van der Waals surface area contributed by atoms with Crippen LogP contribution in [0.5, 0.6) is 0 Å². The summed E-state index contributed by atoms with van der Waals surface area (Å²) in [5, 5.41) is 2.23. The van der Waals surface area contributed by atoms with Crippen molar-refractivity contribution in [3.8, 4) is 20.9 Å². The molecule has 2 aromatic carbocycles. The summed E-state index contributed by atoms with van der Waals surface area (Å²) in [6.07, 6.45) is 23.6. The smallest absolute Gasteiger partial charge is 0.114 e. The summed E-state index contributed by atoms with van der Waals surface area (Å²) in [7, 11) is 0. The van der Waals surface area contributed by atoms with Gasteiger partial charge < -0.3 is 0 Å². The van der Waals surface area contributed by atoms with Gasteiger partial charge in [0, 0.05) is 31.7 Å². The molecule has 0 bridgehead atoms. The van der Waals surface area contributed by atoms with Gasteiger partial charge in [0.2, 0.25) is 0 Å². The highest BCUT2D eigenvalue weighted by atomic mass is 79.9. The molecule has 4 aromatic heterocycles. The van der Waals surface area contributed by atoms with E-state index in [1.165, 1.54) is 155 Å². The zero-order chi connectivity index (χ0) is 33.3. The molecule has 0 saturated carbocycles. The molecule has 10 heteroatoms. The van der Waals surface area contributed by atoms with Crippen LogP contribution < -0.4 is 0 Å². The summed E-state index contributed by atoms with van der Waals surface area (Å²) in [4.78, 5) is 2.48. The zero-order valence-electron chi connectivity index (χ0n) is 28.2. The fourth-order valence-corrected chi connectivity index (χ4v) is 11.5. The van der Waals surface area contributed by atoms with Gasteiger partial charge in [-0.3, -0.25) is 0 Å².